The highest BCUT2D eigenvalue weighted by Gasteiger charge is 2.35. The molecule has 188 valence electrons. The first-order chi connectivity index (χ1) is 16.6. The number of carbonyl (C=O) groups excluding carboxylic acids is 1. The van der Waals surface area contributed by atoms with Gasteiger partial charge in [0, 0.05) is 35.0 Å². The zero-order chi connectivity index (χ0) is 25.2. The van der Waals surface area contributed by atoms with Crippen LogP contribution in [0.25, 0.3) is 10.2 Å². The van der Waals surface area contributed by atoms with Crippen LogP contribution < -0.4 is 4.90 Å². The number of hydrogen-bond acceptors (Lipinski definition) is 6. The third-order valence-electron chi connectivity index (χ3n) is 6.08. The van der Waals surface area contributed by atoms with Crippen LogP contribution in [0.3, 0.4) is 0 Å². The number of rotatable bonds is 8. The SMILES string of the molecule is CN(C)CCCN(C(=O)C1CCN(S(=O)(=O)c2ccc(Cl)cc2)CC1)c1nc2ccc(Br)cc2s1. The van der Waals surface area contributed by atoms with Gasteiger partial charge in [0.25, 0.3) is 0 Å². The number of benzene rings is 2. The smallest absolute Gasteiger partial charge is 0.243 e. The minimum atomic E-state index is -3.62. The summed E-state index contributed by atoms with van der Waals surface area (Å²) in [5.74, 6) is -0.227. The van der Waals surface area contributed by atoms with E-state index in [1.165, 1.54) is 27.8 Å². The topological polar surface area (TPSA) is 73.8 Å². The van der Waals surface area contributed by atoms with Crippen molar-refractivity contribution < 1.29 is 13.2 Å². The largest absolute Gasteiger partial charge is 0.309 e. The van der Waals surface area contributed by atoms with Gasteiger partial charge in [-0.25, -0.2) is 13.4 Å². The predicted molar refractivity (Wildman–Crippen MR) is 146 cm³/mol. The van der Waals surface area contributed by atoms with E-state index in [9.17, 15) is 13.2 Å². The average Bonchev–Trinajstić information content (AvgIpc) is 3.24. The van der Waals surface area contributed by atoms with Crippen molar-refractivity contribution >= 4 is 70.1 Å². The number of sulfonamides is 1. The van der Waals surface area contributed by atoms with E-state index in [-0.39, 0.29) is 16.7 Å². The van der Waals surface area contributed by atoms with Gasteiger partial charge in [0.15, 0.2) is 5.13 Å². The van der Waals surface area contributed by atoms with Gasteiger partial charge in [0.1, 0.15) is 0 Å². The van der Waals surface area contributed by atoms with Gasteiger partial charge in [-0.05, 0) is 82.4 Å². The molecule has 3 aromatic rings. The van der Waals surface area contributed by atoms with Crippen LogP contribution in [-0.4, -0.2) is 68.8 Å². The molecule has 0 unspecified atom stereocenters. The summed E-state index contributed by atoms with van der Waals surface area (Å²) in [4.78, 5) is 22.5. The minimum absolute atomic E-state index is 0.0189. The first-order valence-electron chi connectivity index (χ1n) is 11.4. The van der Waals surface area contributed by atoms with Crippen molar-refractivity contribution in [2.75, 3.05) is 45.2 Å². The lowest BCUT2D eigenvalue weighted by atomic mass is 9.96. The molecule has 0 aliphatic carbocycles. The molecule has 1 fully saturated rings. The van der Waals surface area contributed by atoms with E-state index >= 15 is 0 Å². The van der Waals surface area contributed by atoms with Crippen LogP contribution in [0, 0.1) is 5.92 Å². The number of piperidine rings is 1. The summed E-state index contributed by atoms with van der Waals surface area (Å²) in [6.07, 6.45) is 1.78. The Morgan fingerprint density at radius 3 is 2.49 bits per heavy atom. The van der Waals surface area contributed by atoms with E-state index < -0.39 is 10.0 Å². The van der Waals surface area contributed by atoms with Crippen molar-refractivity contribution in [2.24, 2.45) is 5.92 Å². The first kappa shape index (κ1) is 26.5. The zero-order valence-corrected chi connectivity index (χ0v) is 23.6. The zero-order valence-electron chi connectivity index (χ0n) is 19.7. The predicted octanol–water partition coefficient (Wildman–Crippen LogP) is 5.10. The van der Waals surface area contributed by atoms with Gasteiger partial charge in [-0.2, -0.15) is 4.31 Å². The molecule has 0 N–H and O–H groups in total. The molecule has 7 nitrogen and oxygen atoms in total. The lowest BCUT2D eigenvalue weighted by Crippen LogP contribution is -2.45. The van der Waals surface area contributed by atoms with Crippen molar-refractivity contribution in [3.8, 4) is 0 Å². The monoisotopic (exact) mass is 598 g/mol. The number of thiazole rings is 1. The standard InChI is InChI=1S/C24H28BrClN4O3S2/c1-28(2)12-3-13-30(24-27-21-9-4-18(25)16-22(21)34-24)23(31)17-10-14-29(15-11-17)35(32,33)20-7-5-19(26)6-8-20/h4-9,16-17H,3,10-15H2,1-2H3. The number of aromatic nitrogens is 1. The molecule has 1 aromatic heterocycles. The molecule has 2 aromatic carbocycles. The maximum atomic E-state index is 13.7. The van der Waals surface area contributed by atoms with Crippen molar-refractivity contribution in [2.45, 2.75) is 24.2 Å². The van der Waals surface area contributed by atoms with Crippen LogP contribution in [0.2, 0.25) is 5.02 Å². The molecule has 1 aliphatic heterocycles. The van der Waals surface area contributed by atoms with Gasteiger partial charge in [-0.3, -0.25) is 9.69 Å². The third kappa shape index (κ3) is 6.23. The number of nitrogens with zero attached hydrogens (tertiary/aromatic N) is 4. The van der Waals surface area contributed by atoms with Crippen molar-refractivity contribution in [3.05, 3.63) is 52.0 Å². The lowest BCUT2D eigenvalue weighted by Gasteiger charge is -2.33. The Morgan fingerprint density at radius 1 is 1.14 bits per heavy atom. The lowest BCUT2D eigenvalue weighted by molar-refractivity contribution is -0.123. The molecule has 0 saturated carbocycles. The van der Waals surface area contributed by atoms with Crippen LogP contribution in [0.15, 0.2) is 51.8 Å². The number of hydrogen-bond donors (Lipinski definition) is 0. The number of halogens is 2. The quantitative estimate of drug-likeness (QED) is 0.360. The number of anilines is 1. The molecule has 11 heteroatoms. The van der Waals surface area contributed by atoms with Crippen molar-refractivity contribution in [3.63, 3.8) is 0 Å². The van der Waals surface area contributed by atoms with Gasteiger partial charge >= 0.3 is 0 Å². The highest BCUT2D eigenvalue weighted by atomic mass is 79.9. The third-order valence-corrected chi connectivity index (χ3v) is 9.78. The molecule has 1 saturated heterocycles. The molecule has 35 heavy (non-hydrogen) atoms. The molecule has 2 heterocycles. The van der Waals surface area contributed by atoms with E-state index in [1.54, 1.807) is 17.0 Å². The van der Waals surface area contributed by atoms with E-state index in [1.807, 2.05) is 32.3 Å². The van der Waals surface area contributed by atoms with Crippen molar-refractivity contribution in [1.82, 2.24) is 14.2 Å². The molecule has 1 amide bonds. The van der Waals surface area contributed by atoms with E-state index in [0.717, 1.165) is 27.7 Å². The Bertz CT molecular complexity index is 1290. The second-order valence-corrected chi connectivity index (χ2v) is 13.2. The van der Waals surface area contributed by atoms with E-state index in [2.05, 4.69) is 20.8 Å². The van der Waals surface area contributed by atoms with Gasteiger partial charge in [0.05, 0.1) is 15.1 Å². The van der Waals surface area contributed by atoms with E-state index in [4.69, 9.17) is 16.6 Å². The summed E-state index contributed by atoms with van der Waals surface area (Å²) in [5, 5.41) is 1.18. The first-order valence-corrected chi connectivity index (χ1v) is 14.9. The average molecular weight is 600 g/mol. The van der Waals surface area contributed by atoms with E-state index in [0.29, 0.717) is 42.6 Å². The number of fused-ring (bicyclic) bond motifs is 1. The molecule has 0 spiro atoms. The van der Waals surface area contributed by atoms with Gasteiger partial charge in [0.2, 0.25) is 15.9 Å². The Labute approximate surface area is 223 Å². The van der Waals surface area contributed by atoms with Crippen LogP contribution >= 0.6 is 38.9 Å². The molecule has 4 rings (SSSR count). The molecule has 0 atom stereocenters. The van der Waals surface area contributed by atoms with Crippen LogP contribution in [0.1, 0.15) is 19.3 Å². The van der Waals surface area contributed by atoms with Gasteiger partial charge < -0.3 is 4.90 Å². The van der Waals surface area contributed by atoms with Crippen LogP contribution in [-0.2, 0) is 14.8 Å². The Balaban J connectivity index is 1.49. The summed E-state index contributed by atoms with van der Waals surface area (Å²) in [6.45, 7) is 2.04. The summed E-state index contributed by atoms with van der Waals surface area (Å²) < 4.78 is 29.5. The Hall–Kier alpha value is -1.56. The molecular formula is C24H28BrClN4O3S2. The Morgan fingerprint density at radius 2 is 1.83 bits per heavy atom. The van der Waals surface area contributed by atoms with Crippen molar-refractivity contribution in [1.29, 1.82) is 0 Å². The maximum absolute atomic E-state index is 13.7. The second-order valence-electron chi connectivity index (χ2n) is 8.89. The number of amides is 1. The second kappa shape index (κ2) is 11.2. The number of carbonyl (C=O) groups is 1. The molecule has 0 radical (unpaired) electrons. The molecular weight excluding hydrogens is 572 g/mol. The summed E-state index contributed by atoms with van der Waals surface area (Å²) in [5.41, 5.74) is 0.863. The van der Waals surface area contributed by atoms with Gasteiger partial charge in [-0.15, -0.1) is 0 Å². The molecule has 0 bridgehead atoms. The normalized spacial score (nSPS) is 15.7. The highest BCUT2D eigenvalue weighted by molar-refractivity contribution is 9.10. The minimum Gasteiger partial charge on any atom is -0.309 e. The fourth-order valence-electron chi connectivity index (χ4n) is 4.17. The fourth-order valence-corrected chi connectivity index (χ4v) is 7.31. The van der Waals surface area contributed by atoms with Crippen LogP contribution in [0.4, 0.5) is 5.13 Å². The summed E-state index contributed by atoms with van der Waals surface area (Å²) in [6, 6.07) is 12.1. The summed E-state index contributed by atoms with van der Waals surface area (Å²) >= 11 is 10.9. The van der Waals surface area contributed by atoms with Crippen LogP contribution in [0.5, 0.6) is 0 Å². The van der Waals surface area contributed by atoms with Gasteiger partial charge in [-0.1, -0.05) is 38.9 Å². The highest BCUT2D eigenvalue weighted by Crippen LogP contribution is 2.33. The fraction of sp³-hybridized carbons (Fsp3) is 0.417. The Kier molecular flexibility index (Phi) is 8.50. The maximum Gasteiger partial charge on any atom is 0.243 e. The summed E-state index contributed by atoms with van der Waals surface area (Å²) in [7, 11) is 0.408. The molecule has 1 aliphatic rings.